The molecule has 4 aromatic carbocycles. The van der Waals surface area contributed by atoms with Crippen LogP contribution in [0, 0.1) is 0 Å². The fourth-order valence-electron chi connectivity index (χ4n) is 6.82. The maximum absolute atomic E-state index is 6.34. The molecule has 5 rings (SSSR count). The summed E-state index contributed by atoms with van der Waals surface area (Å²) in [5.41, 5.74) is 7.33. The van der Waals surface area contributed by atoms with Crippen molar-refractivity contribution in [3.63, 3.8) is 0 Å². The first kappa shape index (κ1) is 44.3. The van der Waals surface area contributed by atoms with E-state index in [0.29, 0.717) is 125 Å². The van der Waals surface area contributed by atoms with Gasteiger partial charge in [0, 0.05) is 49.9 Å². The third kappa shape index (κ3) is 11.7. The molecule has 0 aliphatic heterocycles. The van der Waals surface area contributed by atoms with Gasteiger partial charge in [0.2, 0.25) is 0 Å². The Hall–Kier alpha value is -6.80. The van der Waals surface area contributed by atoms with Gasteiger partial charge in [-0.2, -0.15) is 0 Å². The van der Waals surface area contributed by atoms with Gasteiger partial charge in [0.1, 0.15) is 98.9 Å². The lowest BCUT2D eigenvalue weighted by Crippen LogP contribution is -2.09. The highest BCUT2D eigenvalue weighted by molar-refractivity contribution is 5.59. The predicted octanol–water partition coefficient (Wildman–Crippen LogP) is 10.9. The Morgan fingerprint density at radius 3 is 0.500 bits per heavy atom. The molecule has 0 heterocycles. The van der Waals surface area contributed by atoms with Gasteiger partial charge in [0.15, 0.2) is 0 Å². The van der Waals surface area contributed by atoms with Crippen LogP contribution in [0.4, 0.5) is 0 Å². The Morgan fingerprint density at radius 1 is 0.250 bits per heavy atom. The van der Waals surface area contributed by atoms with Crippen LogP contribution in [0.3, 0.4) is 0 Å². The molecule has 8 nitrogen and oxygen atoms in total. The minimum absolute atomic E-state index is 0.296. The number of hydrogen-bond donors (Lipinski definition) is 0. The number of benzene rings is 4. The van der Waals surface area contributed by atoms with Crippen LogP contribution < -0.4 is 37.9 Å². The average Bonchev–Trinajstić information content (AvgIpc) is 3.25. The van der Waals surface area contributed by atoms with Gasteiger partial charge in [-0.1, -0.05) is 101 Å². The summed E-state index contributed by atoms with van der Waals surface area (Å²) in [6.07, 6.45) is 15.5. The highest BCUT2D eigenvalue weighted by Crippen LogP contribution is 2.42. The Morgan fingerprint density at radius 2 is 0.383 bits per heavy atom. The Balaban J connectivity index is 1.89. The third-order valence-electron chi connectivity index (χ3n) is 9.35. The monoisotopic (exact) mass is 808 g/mol. The van der Waals surface area contributed by atoms with Crippen molar-refractivity contribution < 1.29 is 37.9 Å². The van der Waals surface area contributed by atoms with Gasteiger partial charge in [-0.25, -0.2) is 0 Å². The van der Waals surface area contributed by atoms with Gasteiger partial charge in [-0.05, 0) is 68.8 Å². The van der Waals surface area contributed by atoms with E-state index in [9.17, 15) is 0 Å². The van der Waals surface area contributed by atoms with Crippen LogP contribution in [0.15, 0.2) is 150 Å². The molecule has 0 saturated heterocycles. The second kappa shape index (κ2) is 23.0. The number of rotatable bonds is 24. The van der Waals surface area contributed by atoms with Gasteiger partial charge < -0.3 is 37.9 Å². The molecule has 4 aromatic rings. The van der Waals surface area contributed by atoms with E-state index in [1.165, 1.54) is 0 Å². The maximum atomic E-state index is 6.34. The first-order valence-corrected chi connectivity index (χ1v) is 19.9. The zero-order chi connectivity index (χ0) is 42.7. The third-order valence-corrected chi connectivity index (χ3v) is 9.35. The van der Waals surface area contributed by atoms with Gasteiger partial charge in [0.05, 0.1) is 0 Å². The highest BCUT2D eigenvalue weighted by Gasteiger charge is 2.23. The quantitative estimate of drug-likeness (QED) is 0.0571. The van der Waals surface area contributed by atoms with E-state index in [1.54, 1.807) is 48.6 Å². The molecule has 0 radical (unpaired) electrons. The van der Waals surface area contributed by atoms with E-state index in [1.807, 2.05) is 24.3 Å². The first-order valence-electron chi connectivity index (χ1n) is 19.9. The van der Waals surface area contributed by atoms with E-state index < -0.39 is 0 Å². The van der Waals surface area contributed by atoms with Crippen molar-refractivity contribution in [1.82, 2.24) is 0 Å². The predicted molar refractivity (Wildman–Crippen MR) is 243 cm³/mol. The maximum Gasteiger partial charge on any atom is 0.127 e. The van der Waals surface area contributed by atoms with Crippen LogP contribution in [-0.2, 0) is 25.7 Å². The summed E-state index contributed by atoms with van der Waals surface area (Å²) >= 11 is 0. The zero-order valence-electron chi connectivity index (χ0n) is 34.6. The molecule has 0 saturated carbocycles. The molecular formula is C52H56O8. The molecule has 0 unspecified atom stereocenters. The summed E-state index contributed by atoms with van der Waals surface area (Å²) in [5.74, 6) is 5.21. The summed E-state index contributed by atoms with van der Waals surface area (Å²) in [6, 6.07) is 16.3. The van der Waals surface area contributed by atoms with Gasteiger partial charge in [-0.3, -0.25) is 0 Å². The van der Waals surface area contributed by atoms with Crippen LogP contribution in [0.2, 0.25) is 0 Å². The fraction of sp³-hybridized carbons (Fsp3) is 0.231. The molecular weight excluding hydrogens is 753 g/mol. The topological polar surface area (TPSA) is 73.8 Å². The first-order chi connectivity index (χ1) is 29.4. The van der Waals surface area contributed by atoms with Crippen LogP contribution in [0.25, 0.3) is 0 Å². The Kier molecular flexibility index (Phi) is 17.0. The summed E-state index contributed by atoms with van der Waals surface area (Å²) in [4.78, 5) is 0. The van der Waals surface area contributed by atoms with Crippen molar-refractivity contribution in [2.24, 2.45) is 0 Å². The molecule has 0 N–H and O–H groups in total. The summed E-state index contributed by atoms with van der Waals surface area (Å²) in [7, 11) is 0. The smallest absolute Gasteiger partial charge is 0.127 e. The van der Waals surface area contributed by atoms with Crippen LogP contribution >= 0.6 is 0 Å². The second-order valence-electron chi connectivity index (χ2n) is 13.8. The lowest BCUT2D eigenvalue weighted by Gasteiger charge is -2.23. The number of ether oxygens (including phenoxy) is 8. The molecule has 8 heteroatoms. The average molecular weight is 809 g/mol. The second-order valence-corrected chi connectivity index (χ2v) is 13.8. The summed E-state index contributed by atoms with van der Waals surface area (Å²) in [5, 5.41) is 0. The van der Waals surface area contributed by atoms with Crippen LogP contribution in [-0.4, -0.2) is 52.9 Å². The number of hydrogen-bond acceptors (Lipinski definition) is 8. The molecule has 312 valence electrons. The summed E-state index contributed by atoms with van der Waals surface area (Å²) in [6.45, 7) is 33.6. The van der Waals surface area contributed by atoms with Crippen molar-refractivity contribution in [2.45, 2.75) is 25.7 Å². The van der Waals surface area contributed by atoms with Crippen LogP contribution in [0.1, 0.15) is 44.5 Å². The Labute approximate surface area is 355 Å². The van der Waals surface area contributed by atoms with E-state index in [-0.39, 0.29) is 0 Å². The van der Waals surface area contributed by atoms with Crippen molar-refractivity contribution in [3.8, 4) is 46.0 Å². The molecule has 0 atom stereocenters. The fourth-order valence-corrected chi connectivity index (χ4v) is 6.82. The van der Waals surface area contributed by atoms with Crippen molar-refractivity contribution >= 4 is 0 Å². The number of fused-ring (bicyclic) bond motifs is 8. The molecule has 0 spiro atoms. The van der Waals surface area contributed by atoms with Crippen molar-refractivity contribution in [2.75, 3.05) is 52.9 Å². The summed E-state index contributed by atoms with van der Waals surface area (Å²) < 4.78 is 50.7. The lowest BCUT2D eigenvalue weighted by molar-refractivity contribution is 0.335. The lowest BCUT2D eigenvalue weighted by atomic mass is 9.91. The van der Waals surface area contributed by atoms with Crippen LogP contribution in [0.5, 0.6) is 46.0 Å². The largest absolute Gasteiger partial charge is 0.489 e. The standard InChI is InChI=1S/C52H56O8/c1-9-17-53-45-33-46(54-18-10-2)38-25-37(45)29-39-26-40(48(56-20-12-4)34-47(39)55-19-11-3)31-43-28-44(52(60-24-16-8)36-51(43)59-23-15-7)32-42-27-41(30-38)49(57-21-13-5)35-50(42)58-22-14-6/h9-16,25-28,33-36H,1-8,17-24,29-32H2. The highest BCUT2D eigenvalue weighted by atomic mass is 16.5. The molecule has 8 bridgehead atoms. The minimum Gasteiger partial charge on any atom is -0.489 e. The minimum atomic E-state index is 0.296. The molecule has 0 aromatic heterocycles. The van der Waals surface area contributed by atoms with E-state index in [4.69, 9.17) is 37.9 Å². The zero-order valence-corrected chi connectivity index (χ0v) is 34.6. The SMILES string of the molecule is C=CCOc1cc(OCC=C)c2cc1Cc1cc(c(OCC=C)cc1OCC=C)Cc1cc(c(OCC=C)cc1OCC=C)Cc1cc(c(OCC=C)cc1OCC=C)C2. The normalized spacial score (nSPS) is 11.5. The van der Waals surface area contributed by atoms with Gasteiger partial charge in [0.25, 0.3) is 0 Å². The van der Waals surface area contributed by atoms with Crippen molar-refractivity contribution in [3.05, 3.63) is 194 Å². The Bertz CT molecular complexity index is 1750. The molecule has 1 aliphatic rings. The molecule has 1 aliphatic carbocycles. The molecule has 0 fully saturated rings. The van der Waals surface area contributed by atoms with E-state index in [2.05, 4.69) is 76.9 Å². The van der Waals surface area contributed by atoms with E-state index in [0.717, 1.165) is 44.5 Å². The van der Waals surface area contributed by atoms with Gasteiger partial charge >= 0.3 is 0 Å². The van der Waals surface area contributed by atoms with E-state index >= 15 is 0 Å². The molecule has 60 heavy (non-hydrogen) atoms. The molecule has 0 amide bonds. The van der Waals surface area contributed by atoms with Gasteiger partial charge in [-0.15, -0.1) is 0 Å². The van der Waals surface area contributed by atoms with Crippen molar-refractivity contribution in [1.29, 1.82) is 0 Å².